The molecule has 0 spiro atoms. The molecule has 2 aromatic carbocycles. The smallest absolute Gasteiger partial charge is 0.254 e. The molecule has 0 aliphatic carbocycles. The number of carbonyl (C=O) groups excluding carboxylic acids is 2. The fourth-order valence-corrected chi connectivity index (χ4v) is 5.19. The molecule has 172 valence electrons. The molecule has 1 aliphatic rings. The summed E-state index contributed by atoms with van der Waals surface area (Å²) in [6.45, 7) is 2.62. The first-order chi connectivity index (χ1) is 15.8. The summed E-state index contributed by atoms with van der Waals surface area (Å²) in [6.07, 6.45) is 1.73. The highest BCUT2D eigenvalue weighted by Crippen LogP contribution is 2.33. The number of benzene rings is 2. The third kappa shape index (κ3) is 5.34. The number of hydrogen-bond acceptors (Lipinski definition) is 5. The maximum absolute atomic E-state index is 13.2. The summed E-state index contributed by atoms with van der Waals surface area (Å²) in [5.74, 6) is 0.665. The van der Waals surface area contributed by atoms with E-state index in [1.807, 2.05) is 47.7 Å². The van der Waals surface area contributed by atoms with Gasteiger partial charge in [0.25, 0.3) is 5.91 Å². The second-order valence-corrected chi connectivity index (χ2v) is 9.68. The van der Waals surface area contributed by atoms with Gasteiger partial charge in [-0.05, 0) is 49.6 Å². The molecule has 1 N–H and O–H groups in total. The van der Waals surface area contributed by atoms with Crippen LogP contribution in [0.3, 0.4) is 0 Å². The molecule has 3 aromatic rings. The van der Waals surface area contributed by atoms with Crippen molar-refractivity contribution in [3.8, 4) is 0 Å². The molecular weight excluding hydrogens is 481 g/mol. The van der Waals surface area contributed by atoms with Gasteiger partial charge in [-0.2, -0.15) is 0 Å². The number of aromatic nitrogens is 3. The van der Waals surface area contributed by atoms with Gasteiger partial charge in [0.15, 0.2) is 11.0 Å². The summed E-state index contributed by atoms with van der Waals surface area (Å²) >= 11 is 13.2. The van der Waals surface area contributed by atoms with Gasteiger partial charge >= 0.3 is 0 Å². The summed E-state index contributed by atoms with van der Waals surface area (Å²) in [5.41, 5.74) is 2.20. The van der Waals surface area contributed by atoms with Crippen LogP contribution in [0.4, 0.5) is 5.69 Å². The minimum Gasteiger partial charge on any atom is -0.328 e. The molecule has 1 aromatic heterocycles. The number of amides is 2. The Hall–Kier alpha value is -2.55. The van der Waals surface area contributed by atoms with Crippen molar-refractivity contribution in [1.82, 2.24) is 19.7 Å². The van der Waals surface area contributed by atoms with E-state index in [1.54, 1.807) is 18.2 Å². The average Bonchev–Trinajstić information content (AvgIpc) is 3.38. The summed E-state index contributed by atoms with van der Waals surface area (Å²) in [5, 5.41) is 12.9. The molecular formula is C23H23Cl2N5O2S. The molecule has 1 unspecified atom stereocenters. The van der Waals surface area contributed by atoms with Crippen LogP contribution in [0.2, 0.25) is 10.0 Å². The predicted octanol–water partition coefficient (Wildman–Crippen LogP) is 5.14. The molecule has 1 aliphatic heterocycles. The van der Waals surface area contributed by atoms with E-state index in [-0.39, 0.29) is 23.6 Å². The van der Waals surface area contributed by atoms with Gasteiger partial charge in [-0.25, -0.2) is 0 Å². The van der Waals surface area contributed by atoms with Gasteiger partial charge in [0.05, 0.1) is 11.8 Å². The van der Waals surface area contributed by atoms with Gasteiger partial charge in [-0.1, -0.05) is 53.2 Å². The van der Waals surface area contributed by atoms with Crippen LogP contribution >= 0.6 is 35.0 Å². The van der Waals surface area contributed by atoms with Crippen LogP contribution in [0.1, 0.15) is 40.6 Å². The molecule has 0 bridgehead atoms. The third-order valence-corrected chi connectivity index (χ3v) is 6.99. The predicted molar refractivity (Wildman–Crippen MR) is 131 cm³/mol. The number of likely N-dealkylation sites (tertiary alicyclic amines) is 1. The Kier molecular flexibility index (Phi) is 7.26. The Morgan fingerprint density at radius 2 is 1.88 bits per heavy atom. The molecule has 1 saturated heterocycles. The lowest BCUT2D eigenvalue weighted by Crippen LogP contribution is -2.32. The lowest BCUT2D eigenvalue weighted by Gasteiger charge is -2.24. The van der Waals surface area contributed by atoms with Crippen molar-refractivity contribution in [1.29, 1.82) is 0 Å². The Morgan fingerprint density at radius 1 is 1.15 bits per heavy atom. The number of anilines is 1. The quantitative estimate of drug-likeness (QED) is 0.471. The number of nitrogens with zero attached hydrogens (tertiary/aromatic N) is 4. The highest BCUT2D eigenvalue weighted by molar-refractivity contribution is 7.99. The van der Waals surface area contributed by atoms with Gasteiger partial charge < -0.3 is 14.8 Å². The first kappa shape index (κ1) is 23.6. The maximum atomic E-state index is 13.2. The topological polar surface area (TPSA) is 80.1 Å². The fraction of sp³-hybridized carbons (Fsp3) is 0.304. The first-order valence-electron chi connectivity index (χ1n) is 10.5. The van der Waals surface area contributed by atoms with Crippen LogP contribution in [0.25, 0.3) is 0 Å². The van der Waals surface area contributed by atoms with Gasteiger partial charge in [0, 0.05) is 34.9 Å². The summed E-state index contributed by atoms with van der Waals surface area (Å²) < 4.78 is 1.86. The molecule has 1 atom stereocenters. The Bertz CT molecular complexity index is 1180. The largest absolute Gasteiger partial charge is 0.328 e. The molecule has 33 heavy (non-hydrogen) atoms. The number of aryl methyl sites for hydroxylation is 1. The number of halogens is 2. The van der Waals surface area contributed by atoms with E-state index in [0.29, 0.717) is 33.0 Å². The van der Waals surface area contributed by atoms with Crippen molar-refractivity contribution in [2.45, 2.75) is 31.0 Å². The second-order valence-electron chi connectivity index (χ2n) is 7.87. The summed E-state index contributed by atoms with van der Waals surface area (Å²) in [4.78, 5) is 27.5. The van der Waals surface area contributed by atoms with Gasteiger partial charge in [-0.3, -0.25) is 9.59 Å². The van der Waals surface area contributed by atoms with Crippen molar-refractivity contribution < 1.29 is 9.59 Å². The number of carbonyl (C=O) groups is 2. The van der Waals surface area contributed by atoms with Crippen LogP contribution < -0.4 is 5.32 Å². The number of nitrogens with one attached hydrogen (secondary N) is 1. The van der Waals surface area contributed by atoms with Crippen LogP contribution in [-0.4, -0.2) is 43.8 Å². The minimum absolute atomic E-state index is 0.00682. The average molecular weight is 504 g/mol. The molecule has 1 fully saturated rings. The van der Waals surface area contributed by atoms with E-state index in [4.69, 9.17) is 23.2 Å². The summed E-state index contributed by atoms with van der Waals surface area (Å²) in [7, 11) is 1.86. The van der Waals surface area contributed by atoms with Crippen molar-refractivity contribution in [2.75, 3.05) is 17.6 Å². The standard InChI is InChI=1S/C23H23Cl2N5O2S/c1-14-6-3-4-7-18(14)22(32)30-9-5-8-19(30)21-27-28-23(29(21)2)33-13-20(31)26-17-11-15(24)10-16(25)12-17/h3-4,6-7,10-12,19H,5,8-9,13H2,1-2H3,(H,26,31). The molecule has 4 rings (SSSR count). The summed E-state index contributed by atoms with van der Waals surface area (Å²) in [6, 6.07) is 12.3. The van der Waals surface area contributed by atoms with Crippen molar-refractivity contribution in [3.05, 3.63) is 69.5 Å². The molecule has 10 heteroatoms. The molecule has 2 heterocycles. The van der Waals surface area contributed by atoms with Crippen molar-refractivity contribution in [3.63, 3.8) is 0 Å². The lowest BCUT2D eigenvalue weighted by molar-refractivity contribution is -0.113. The SMILES string of the molecule is Cc1ccccc1C(=O)N1CCCC1c1nnc(SCC(=O)Nc2cc(Cl)cc(Cl)c2)n1C. The van der Waals surface area contributed by atoms with Crippen LogP contribution in [-0.2, 0) is 11.8 Å². The Morgan fingerprint density at radius 3 is 2.61 bits per heavy atom. The van der Waals surface area contributed by atoms with E-state index in [2.05, 4.69) is 15.5 Å². The molecule has 0 radical (unpaired) electrons. The molecule has 0 saturated carbocycles. The molecule has 7 nitrogen and oxygen atoms in total. The van der Waals surface area contributed by atoms with Gasteiger partial charge in [0.2, 0.25) is 5.91 Å². The maximum Gasteiger partial charge on any atom is 0.254 e. The lowest BCUT2D eigenvalue weighted by atomic mass is 10.1. The van der Waals surface area contributed by atoms with Crippen LogP contribution in [0.5, 0.6) is 0 Å². The first-order valence-corrected chi connectivity index (χ1v) is 12.2. The van der Waals surface area contributed by atoms with E-state index in [1.165, 1.54) is 11.8 Å². The van der Waals surface area contributed by atoms with E-state index >= 15 is 0 Å². The normalized spacial score (nSPS) is 15.6. The number of thioether (sulfide) groups is 1. The van der Waals surface area contributed by atoms with Crippen molar-refractivity contribution >= 4 is 52.5 Å². The second kappa shape index (κ2) is 10.2. The fourth-order valence-electron chi connectivity index (χ4n) is 3.94. The molecule has 2 amide bonds. The van der Waals surface area contributed by atoms with Gasteiger partial charge in [0.1, 0.15) is 0 Å². The zero-order valence-electron chi connectivity index (χ0n) is 18.2. The van der Waals surface area contributed by atoms with E-state index in [9.17, 15) is 9.59 Å². The number of hydrogen-bond donors (Lipinski definition) is 1. The van der Waals surface area contributed by atoms with Crippen LogP contribution in [0.15, 0.2) is 47.6 Å². The minimum atomic E-state index is -0.208. The van der Waals surface area contributed by atoms with Crippen molar-refractivity contribution in [2.24, 2.45) is 7.05 Å². The zero-order valence-corrected chi connectivity index (χ0v) is 20.5. The van der Waals surface area contributed by atoms with Gasteiger partial charge in [-0.15, -0.1) is 10.2 Å². The number of rotatable bonds is 6. The zero-order chi connectivity index (χ0) is 23.5. The highest BCUT2D eigenvalue weighted by Gasteiger charge is 2.34. The highest BCUT2D eigenvalue weighted by atomic mass is 35.5. The van der Waals surface area contributed by atoms with Crippen LogP contribution in [0, 0.1) is 6.92 Å². The Labute approximate surface area is 206 Å². The monoisotopic (exact) mass is 503 g/mol. The third-order valence-electron chi connectivity index (χ3n) is 5.53. The Balaban J connectivity index is 1.43. The van der Waals surface area contributed by atoms with E-state index in [0.717, 1.165) is 24.2 Å². The van der Waals surface area contributed by atoms with E-state index < -0.39 is 0 Å².